The van der Waals surface area contributed by atoms with E-state index < -0.39 is 0 Å². The lowest BCUT2D eigenvalue weighted by Crippen LogP contribution is -2.04. The number of aryl methyl sites for hydroxylation is 1. The third-order valence-electron chi connectivity index (χ3n) is 3.63. The summed E-state index contributed by atoms with van der Waals surface area (Å²) in [5.41, 5.74) is 8.13. The van der Waals surface area contributed by atoms with Gasteiger partial charge < -0.3 is 15.0 Å². The van der Waals surface area contributed by atoms with Crippen molar-refractivity contribution >= 4 is 10.9 Å². The van der Waals surface area contributed by atoms with Crippen molar-refractivity contribution in [1.29, 1.82) is 0 Å². The van der Waals surface area contributed by atoms with Gasteiger partial charge in [0, 0.05) is 24.8 Å². The number of nitrogens with zero attached hydrogens (tertiary/aromatic N) is 1. The van der Waals surface area contributed by atoms with E-state index in [0.29, 0.717) is 6.54 Å². The minimum Gasteiger partial charge on any atom is -0.494 e. The van der Waals surface area contributed by atoms with Crippen LogP contribution in [0.4, 0.5) is 0 Å². The fraction of sp³-hybridized carbons (Fsp3) is 0.222. The van der Waals surface area contributed by atoms with Crippen molar-refractivity contribution < 1.29 is 4.74 Å². The molecule has 21 heavy (non-hydrogen) atoms. The average Bonchev–Trinajstić information content (AvgIpc) is 2.95. The summed E-state index contributed by atoms with van der Waals surface area (Å²) in [6.45, 7) is 2.25. The molecule has 0 unspecified atom stereocenters. The number of benzene rings is 2. The van der Waals surface area contributed by atoms with Gasteiger partial charge in [-0.15, -0.1) is 0 Å². The van der Waals surface area contributed by atoms with Crippen LogP contribution in [-0.2, 0) is 13.1 Å². The first-order valence-corrected chi connectivity index (χ1v) is 7.32. The highest BCUT2D eigenvalue weighted by Crippen LogP contribution is 2.18. The molecular weight excluding hydrogens is 260 g/mol. The molecule has 3 rings (SSSR count). The highest BCUT2D eigenvalue weighted by atomic mass is 16.5. The fourth-order valence-corrected chi connectivity index (χ4v) is 2.49. The van der Waals surface area contributed by atoms with Crippen molar-refractivity contribution in [3.8, 4) is 5.75 Å². The second kappa shape index (κ2) is 6.46. The molecular formula is C18H20N2O. The van der Waals surface area contributed by atoms with Gasteiger partial charge in [0.25, 0.3) is 0 Å². The molecule has 0 spiro atoms. The minimum atomic E-state index is 0.582. The van der Waals surface area contributed by atoms with Gasteiger partial charge in [0.15, 0.2) is 0 Å². The lowest BCUT2D eigenvalue weighted by atomic mass is 10.1. The minimum absolute atomic E-state index is 0.582. The predicted octanol–water partition coefficient (Wildman–Crippen LogP) is 3.57. The van der Waals surface area contributed by atoms with E-state index in [4.69, 9.17) is 10.5 Å². The largest absolute Gasteiger partial charge is 0.494 e. The Balaban J connectivity index is 1.60. The number of nitrogens with two attached hydrogens (primary N) is 1. The Hall–Kier alpha value is -2.26. The summed E-state index contributed by atoms with van der Waals surface area (Å²) in [4.78, 5) is 0. The van der Waals surface area contributed by atoms with Crippen molar-refractivity contribution in [2.45, 2.75) is 19.5 Å². The molecule has 0 amide bonds. The molecule has 0 fully saturated rings. The molecule has 1 aromatic heterocycles. The van der Waals surface area contributed by atoms with E-state index in [2.05, 4.69) is 35.0 Å². The molecule has 3 nitrogen and oxygen atoms in total. The maximum Gasteiger partial charge on any atom is 0.119 e. The van der Waals surface area contributed by atoms with Crippen LogP contribution in [0.15, 0.2) is 60.8 Å². The third kappa shape index (κ3) is 3.26. The Morgan fingerprint density at radius 1 is 1.00 bits per heavy atom. The Morgan fingerprint density at radius 2 is 1.86 bits per heavy atom. The number of fused-ring (bicyclic) bond motifs is 1. The zero-order valence-electron chi connectivity index (χ0n) is 12.0. The summed E-state index contributed by atoms with van der Waals surface area (Å²) < 4.78 is 7.99. The van der Waals surface area contributed by atoms with E-state index >= 15 is 0 Å². The fourth-order valence-electron chi connectivity index (χ4n) is 2.49. The molecule has 2 aromatic carbocycles. The highest BCUT2D eigenvalue weighted by molar-refractivity contribution is 5.80. The van der Waals surface area contributed by atoms with Gasteiger partial charge in [0.1, 0.15) is 5.75 Å². The topological polar surface area (TPSA) is 40.2 Å². The quantitative estimate of drug-likeness (QED) is 0.701. The van der Waals surface area contributed by atoms with Crippen molar-refractivity contribution in [1.82, 2.24) is 4.57 Å². The molecule has 0 bridgehead atoms. The van der Waals surface area contributed by atoms with Gasteiger partial charge in [-0.25, -0.2) is 0 Å². The summed E-state index contributed by atoms with van der Waals surface area (Å²) in [5, 5.41) is 1.26. The second-order valence-corrected chi connectivity index (χ2v) is 5.12. The van der Waals surface area contributed by atoms with Crippen LogP contribution in [0.5, 0.6) is 5.75 Å². The zero-order chi connectivity index (χ0) is 14.5. The normalized spacial score (nSPS) is 10.9. The molecule has 0 radical (unpaired) electrons. The maximum atomic E-state index is 5.73. The summed E-state index contributed by atoms with van der Waals surface area (Å²) in [6.07, 6.45) is 3.11. The summed E-state index contributed by atoms with van der Waals surface area (Å²) in [6, 6.07) is 18.5. The van der Waals surface area contributed by atoms with Gasteiger partial charge in [0.05, 0.1) is 6.61 Å². The molecule has 2 N–H and O–H groups in total. The SMILES string of the molecule is NCc1ccc2ccn(CCCOc3ccccc3)c2c1. The van der Waals surface area contributed by atoms with Crippen LogP contribution >= 0.6 is 0 Å². The molecule has 0 atom stereocenters. The van der Waals surface area contributed by atoms with E-state index in [1.807, 2.05) is 30.3 Å². The Kier molecular flexibility index (Phi) is 4.22. The summed E-state index contributed by atoms with van der Waals surface area (Å²) in [7, 11) is 0. The Morgan fingerprint density at radius 3 is 2.67 bits per heavy atom. The monoisotopic (exact) mass is 280 g/mol. The summed E-state index contributed by atoms with van der Waals surface area (Å²) >= 11 is 0. The van der Waals surface area contributed by atoms with Crippen LogP contribution in [0.2, 0.25) is 0 Å². The van der Waals surface area contributed by atoms with E-state index in [1.165, 1.54) is 16.5 Å². The van der Waals surface area contributed by atoms with E-state index in [9.17, 15) is 0 Å². The number of rotatable bonds is 6. The molecule has 3 aromatic rings. The van der Waals surface area contributed by atoms with Crippen molar-refractivity contribution in [3.63, 3.8) is 0 Å². The number of ether oxygens (including phenoxy) is 1. The average molecular weight is 280 g/mol. The van der Waals surface area contributed by atoms with Gasteiger partial charge in [0.2, 0.25) is 0 Å². The lowest BCUT2D eigenvalue weighted by Gasteiger charge is -2.08. The molecule has 0 saturated heterocycles. The van der Waals surface area contributed by atoms with E-state index in [0.717, 1.165) is 25.3 Å². The third-order valence-corrected chi connectivity index (χ3v) is 3.63. The number of aromatic nitrogens is 1. The van der Waals surface area contributed by atoms with Gasteiger partial charge in [-0.3, -0.25) is 0 Å². The molecule has 1 heterocycles. The van der Waals surface area contributed by atoms with Crippen molar-refractivity contribution in [3.05, 3.63) is 66.4 Å². The molecule has 0 saturated carbocycles. The molecule has 0 aliphatic rings. The smallest absolute Gasteiger partial charge is 0.119 e. The standard InChI is InChI=1S/C18H20N2O/c19-14-15-7-8-16-9-11-20(18(16)13-15)10-4-12-21-17-5-2-1-3-6-17/h1-3,5-9,11,13H,4,10,12,14,19H2. The van der Waals surface area contributed by atoms with Crippen LogP contribution in [0.25, 0.3) is 10.9 Å². The van der Waals surface area contributed by atoms with Crippen LogP contribution in [-0.4, -0.2) is 11.2 Å². The van der Waals surface area contributed by atoms with Crippen molar-refractivity contribution in [2.75, 3.05) is 6.61 Å². The van der Waals surface area contributed by atoms with Crippen LogP contribution < -0.4 is 10.5 Å². The highest BCUT2D eigenvalue weighted by Gasteiger charge is 2.02. The van der Waals surface area contributed by atoms with Crippen molar-refractivity contribution in [2.24, 2.45) is 5.73 Å². The van der Waals surface area contributed by atoms with E-state index in [1.54, 1.807) is 0 Å². The second-order valence-electron chi connectivity index (χ2n) is 5.12. The molecule has 0 aliphatic heterocycles. The first kappa shape index (κ1) is 13.7. The Bertz CT molecular complexity index is 704. The molecule has 3 heteroatoms. The van der Waals surface area contributed by atoms with Gasteiger partial charge in [-0.2, -0.15) is 0 Å². The van der Waals surface area contributed by atoms with Crippen LogP contribution in [0.1, 0.15) is 12.0 Å². The van der Waals surface area contributed by atoms with Gasteiger partial charge >= 0.3 is 0 Å². The number of hydrogen-bond acceptors (Lipinski definition) is 2. The lowest BCUT2D eigenvalue weighted by molar-refractivity contribution is 0.302. The number of hydrogen-bond donors (Lipinski definition) is 1. The van der Waals surface area contributed by atoms with Crippen LogP contribution in [0, 0.1) is 0 Å². The predicted molar refractivity (Wildman–Crippen MR) is 86.4 cm³/mol. The molecule has 108 valence electrons. The molecule has 0 aliphatic carbocycles. The maximum absolute atomic E-state index is 5.73. The van der Waals surface area contributed by atoms with Gasteiger partial charge in [-0.1, -0.05) is 30.3 Å². The summed E-state index contributed by atoms with van der Waals surface area (Å²) in [5.74, 6) is 0.931. The van der Waals surface area contributed by atoms with Crippen LogP contribution in [0.3, 0.4) is 0 Å². The first-order valence-electron chi connectivity index (χ1n) is 7.32. The zero-order valence-corrected chi connectivity index (χ0v) is 12.0. The number of para-hydroxylation sites is 1. The van der Waals surface area contributed by atoms with E-state index in [-0.39, 0.29) is 0 Å². The Labute approximate surface area is 125 Å². The first-order chi connectivity index (χ1) is 10.4. The van der Waals surface area contributed by atoms with Gasteiger partial charge in [-0.05, 0) is 41.6 Å².